The van der Waals surface area contributed by atoms with Crippen molar-refractivity contribution in [3.8, 4) is 28.5 Å². The molecule has 4 aromatic rings. The van der Waals surface area contributed by atoms with Crippen molar-refractivity contribution in [2.45, 2.75) is 19.6 Å². The fourth-order valence-corrected chi connectivity index (χ4v) is 3.03. The van der Waals surface area contributed by atoms with Crippen LogP contribution in [0.2, 0.25) is 0 Å². The van der Waals surface area contributed by atoms with E-state index in [2.05, 4.69) is 15.3 Å². The average Bonchev–Trinajstić information content (AvgIpc) is 3.41. The molecule has 0 aliphatic carbocycles. The van der Waals surface area contributed by atoms with Gasteiger partial charge in [-0.2, -0.15) is 13.2 Å². The molecule has 0 bridgehead atoms. The number of halogens is 3. The number of pyridine rings is 1. The molecule has 0 saturated heterocycles. The summed E-state index contributed by atoms with van der Waals surface area (Å²) < 4.78 is 44.3. The zero-order valence-corrected chi connectivity index (χ0v) is 17.8. The van der Waals surface area contributed by atoms with Crippen molar-refractivity contribution in [2.24, 2.45) is 5.73 Å². The first-order valence-corrected chi connectivity index (χ1v) is 9.85. The second-order valence-corrected chi connectivity index (χ2v) is 6.65. The Kier molecular flexibility index (Phi) is 7.31. The smallest absolute Gasteiger partial charge is 0.488 e. The van der Waals surface area contributed by atoms with Gasteiger partial charge in [0.05, 0.1) is 11.9 Å². The predicted octanol–water partition coefficient (Wildman–Crippen LogP) is 2.72. The van der Waals surface area contributed by atoms with Crippen molar-refractivity contribution in [1.82, 2.24) is 24.8 Å². The molecule has 0 spiro atoms. The lowest BCUT2D eigenvalue weighted by Gasteiger charge is -2.11. The van der Waals surface area contributed by atoms with Gasteiger partial charge in [0.15, 0.2) is 23.1 Å². The SMILES string of the molecule is CCn1c(-c2nonc2N)nc2c(-c3ccccc3)ncc(OCCN)c21.O=C(O)C(F)(F)F. The van der Waals surface area contributed by atoms with Crippen LogP contribution in [0.25, 0.3) is 33.8 Å². The summed E-state index contributed by atoms with van der Waals surface area (Å²) in [6, 6.07) is 9.84. The maximum atomic E-state index is 10.6. The normalized spacial score (nSPS) is 11.2. The molecule has 4 rings (SSSR count). The molecule has 0 radical (unpaired) electrons. The van der Waals surface area contributed by atoms with E-state index in [0.717, 1.165) is 16.8 Å². The topological polar surface area (TPSA) is 168 Å². The Morgan fingerprint density at radius 1 is 1.21 bits per heavy atom. The number of aryl methyl sites for hydroxylation is 1. The third-order valence-corrected chi connectivity index (χ3v) is 4.44. The summed E-state index contributed by atoms with van der Waals surface area (Å²) >= 11 is 0. The Bertz CT molecular complexity index is 1270. The number of nitrogen functional groups attached to an aromatic ring is 1. The molecule has 0 amide bonds. The third-order valence-electron chi connectivity index (χ3n) is 4.44. The molecule has 0 atom stereocenters. The number of aromatic nitrogens is 5. The number of ether oxygens (including phenoxy) is 1. The van der Waals surface area contributed by atoms with E-state index < -0.39 is 12.1 Å². The van der Waals surface area contributed by atoms with Gasteiger partial charge in [0.25, 0.3) is 0 Å². The molecule has 1 aromatic carbocycles. The van der Waals surface area contributed by atoms with Gasteiger partial charge >= 0.3 is 12.1 Å². The molecule has 0 aliphatic heterocycles. The molecule has 0 fully saturated rings. The van der Waals surface area contributed by atoms with Gasteiger partial charge in [0.1, 0.15) is 17.6 Å². The van der Waals surface area contributed by atoms with Crippen LogP contribution in [0.5, 0.6) is 5.75 Å². The number of carboxylic acid groups (broad SMARTS) is 1. The van der Waals surface area contributed by atoms with Crippen molar-refractivity contribution in [2.75, 3.05) is 18.9 Å². The minimum atomic E-state index is -5.08. The first-order valence-electron chi connectivity index (χ1n) is 9.85. The molecule has 180 valence electrons. The minimum Gasteiger partial charge on any atom is -0.488 e. The molecule has 3 aromatic heterocycles. The molecule has 14 heteroatoms. The molecular formula is C20H20F3N7O4. The molecule has 0 saturated carbocycles. The highest BCUT2D eigenvalue weighted by Crippen LogP contribution is 2.36. The summed E-state index contributed by atoms with van der Waals surface area (Å²) in [4.78, 5) is 18.3. The lowest BCUT2D eigenvalue weighted by molar-refractivity contribution is -0.192. The number of imidazole rings is 1. The molecular weight excluding hydrogens is 459 g/mol. The lowest BCUT2D eigenvalue weighted by atomic mass is 10.1. The monoisotopic (exact) mass is 479 g/mol. The fourth-order valence-electron chi connectivity index (χ4n) is 3.03. The van der Waals surface area contributed by atoms with E-state index in [0.29, 0.717) is 42.5 Å². The van der Waals surface area contributed by atoms with Crippen LogP contribution >= 0.6 is 0 Å². The second kappa shape index (κ2) is 10.2. The number of hydrogen-bond acceptors (Lipinski definition) is 9. The highest BCUT2D eigenvalue weighted by atomic mass is 19.4. The van der Waals surface area contributed by atoms with Gasteiger partial charge in [-0.3, -0.25) is 0 Å². The standard InChI is InChI=1S/C18H19N7O2.C2HF3O2/c1-2-25-16-12(26-9-8-19)10-21-13(11-6-4-3-5-7-11)14(16)22-18(25)15-17(20)24-27-23-15;3-2(4,5)1(6)7/h3-7,10H,2,8-9,19H2,1H3,(H2,20,24);(H,6,7). The Labute approximate surface area is 190 Å². The Hall–Kier alpha value is -4.20. The van der Waals surface area contributed by atoms with Crippen LogP contribution < -0.4 is 16.2 Å². The second-order valence-electron chi connectivity index (χ2n) is 6.65. The van der Waals surface area contributed by atoms with Crippen molar-refractivity contribution in [3.05, 3.63) is 36.5 Å². The molecule has 5 N–H and O–H groups in total. The van der Waals surface area contributed by atoms with Gasteiger partial charge in [0, 0.05) is 18.7 Å². The maximum Gasteiger partial charge on any atom is 0.490 e. The number of carbonyl (C=O) groups is 1. The van der Waals surface area contributed by atoms with Gasteiger partial charge < -0.3 is 25.9 Å². The number of nitrogens with zero attached hydrogens (tertiary/aromatic N) is 5. The maximum absolute atomic E-state index is 10.6. The van der Waals surface area contributed by atoms with E-state index in [-0.39, 0.29) is 5.82 Å². The lowest BCUT2D eigenvalue weighted by Crippen LogP contribution is -2.21. The molecule has 0 unspecified atom stereocenters. The van der Waals surface area contributed by atoms with Crippen molar-refractivity contribution in [3.63, 3.8) is 0 Å². The Morgan fingerprint density at radius 2 is 1.88 bits per heavy atom. The van der Waals surface area contributed by atoms with Crippen LogP contribution in [-0.2, 0) is 11.3 Å². The zero-order chi connectivity index (χ0) is 24.9. The van der Waals surface area contributed by atoms with E-state index in [1.54, 1.807) is 6.20 Å². The number of anilines is 1. The van der Waals surface area contributed by atoms with Gasteiger partial charge in [-0.15, -0.1) is 0 Å². The number of rotatable bonds is 6. The summed E-state index contributed by atoms with van der Waals surface area (Å²) in [5, 5.41) is 14.7. The number of nitrogens with two attached hydrogens (primary N) is 2. The summed E-state index contributed by atoms with van der Waals surface area (Å²) in [5.74, 6) is -1.43. The number of alkyl halides is 3. The quantitative estimate of drug-likeness (QED) is 0.374. The number of hydrogen-bond donors (Lipinski definition) is 3. The summed E-state index contributed by atoms with van der Waals surface area (Å²) in [6.45, 7) is 3.40. The highest BCUT2D eigenvalue weighted by molar-refractivity contribution is 5.95. The van der Waals surface area contributed by atoms with Crippen molar-refractivity contribution >= 4 is 22.8 Å². The summed E-state index contributed by atoms with van der Waals surface area (Å²) in [6.07, 6.45) is -3.39. The van der Waals surface area contributed by atoms with E-state index >= 15 is 0 Å². The van der Waals surface area contributed by atoms with E-state index in [1.165, 1.54) is 0 Å². The van der Waals surface area contributed by atoms with Crippen LogP contribution in [0, 0.1) is 0 Å². The fraction of sp³-hybridized carbons (Fsp3) is 0.250. The largest absolute Gasteiger partial charge is 0.490 e. The summed E-state index contributed by atoms with van der Waals surface area (Å²) in [7, 11) is 0. The van der Waals surface area contributed by atoms with Crippen LogP contribution in [-0.4, -0.2) is 55.3 Å². The zero-order valence-electron chi connectivity index (χ0n) is 17.8. The van der Waals surface area contributed by atoms with Crippen LogP contribution in [0.1, 0.15) is 6.92 Å². The molecule has 3 heterocycles. The van der Waals surface area contributed by atoms with E-state index in [4.69, 9.17) is 35.7 Å². The number of benzene rings is 1. The van der Waals surface area contributed by atoms with Crippen molar-refractivity contribution < 1.29 is 32.4 Å². The van der Waals surface area contributed by atoms with Gasteiger partial charge in [-0.05, 0) is 17.2 Å². The third kappa shape index (κ3) is 5.06. The number of aliphatic carboxylic acids is 1. The predicted molar refractivity (Wildman–Crippen MR) is 115 cm³/mol. The number of carboxylic acids is 1. The van der Waals surface area contributed by atoms with Gasteiger partial charge in [-0.1, -0.05) is 30.3 Å². The first-order chi connectivity index (χ1) is 16.2. The average molecular weight is 479 g/mol. The van der Waals surface area contributed by atoms with E-state index in [9.17, 15) is 13.2 Å². The minimum absolute atomic E-state index is 0.179. The van der Waals surface area contributed by atoms with Crippen LogP contribution in [0.3, 0.4) is 0 Å². The van der Waals surface area contributed by atoms with Gasteiger partial charge in [0.2, 0.25) is 0 Å². The molecule has 34 heavy (non-hydrogen) atoms. The first kappa shape index (κ1) is 24.4. The molecule has 11 nitrogen and oxygen atoms in total. The summed E-state index contributed by atoms with van der Waals surface area (Å²) in [5.41, 5.74) is 15.1. The van der Waals surface area contributed by atoms with Crippen molar-refractivity contribution in [1.29, 1.82) is 0 Å². The number of fused-ring (bicyclic) bond motifs is 1. The van der Waals surface area contributed by atoms with Crippen LogP contribution in [0.15, 0.2) is 41.2 Å². The Morgan fingerprint density at radius 3 is 2.41 bits per heavy atom. The van der Waals surface area contributed by atoms with Gasteiger partial charge in [-0.25, -0.2) is 19.4 Å². The van der Waals surface area contributed by atoms with E-state index in [1.807, 2.05) is 41.8 Å². The molecule has 0 aliphatic rings. The Balaban J connectivity index is 0.000000406. The highest BCUT2D eigenvalue weighted by Gasteiger charge is 2.38. The van der Waals surface area contributed by atoms with Crippen LogP contribution in [0.4, 0.5) is 19.0 Å².